The number of fused-ring (bicyclic) bond motifs is 6. The molecule has 0 N–H and O–H groups in total. The molecular formula is C61H41NO. The van der Waals surface area contributed by atoms with Crippen molar-refractivity contribution >= 4 is 39.0 Å². The monoisotopic (exact) mass is 803 g/mol. The first-order valence-corrected chi connectivity index (χ1v) is 21.7. The minimum absolute atomic E-state index is 0.621. The average molecular weight is 804 g/mol. The summed E-state index contributed by atoms with van der Waals surface area (Å²) in [7, 11) is 0. The fourth-order valence-electron chi connectivity index (χ4n) is 10.1. The molecular weight excluding hydrogens is 763 g/mol. The first-order chi connectivity index (χ1) is 31.3. The molecule has 0 radical (unpaired) electrons. The zero-order chi connectivity index (χ0) is 41.7. The van der Waals surface area contributed by atoms with Gasteiger partial charge in [0, 0.05) is 22.3 Å². The molecule has 0 saturated heterocycles. The SMILES string of the molecule is c1ccc(-c2ccc(-c3ccc(N(c4ccccc4)c4c5c(cc6oc7cc(-c8ccccc8)ccc7c46)C(c4ccccc4)(c4ccccc4)c4ccccc4-5)cc3)cc2)cc1. The van der Waals surface area contributed by atoms with Crippen LogP contribution in [0.2, 0.25) is 0 Å². The van der Waals surface area contributed by atoms with Crippen LogP contribution >= 0.6 is 0 Å². The van der Waals surface area contributed by atoms with E-state index in [1.54, 1.807) is 0 Å². The number of anilines is 3. The van der Waals surface area contributed by atoms with Crippen molar-refractivity contribution in [2.45, 2.75) is 5.41 Å². The first kappa shape index (κ1) is 36.6. The fourth-order valence-corrected chi connectivity index (χ4v) is 10.1. The number of rotatable bonds is 8. The van der Waals surface area contributed by atoms with Gasteiger partial charge in [0.1, 0.15) is 11.2 Å². The van der Waals surface area contributed by atoms with Gasteiger partial charge < -0.3 is 9.32 Å². The van der Waals surface area contributed by atoms with Crippen LogP contribution < -0.4 is 4.90 Å². The van der Waals surface area contributed by atoms with Crippen LogP contribution in [0.5, 0.6) is 0 Å². The molecule has 11 aromatic rings. The molecule has 1 aliphatic rings. The van der Waals surface area contributed by atoms with Crippen molar-refractivity contribution in [3.05, 3.63) is 271 Å². The number of para-hydroxylation sites is 1. The van der Waals surface area contributed by atoms with Gasteiger partial charge in [0.2, 0.25) is 0 Å². The molecule has 2 heteroatoms. The van der Waals surface area contributed by atoms with E-state index < -0.39 is 5.41 Å². The summed E-state index contributed by atoms with van der Waals surface area (Å²) < 4.78 is 7.16. The summed E-state index contributed by atoms with van der Waals surface area (Å²) in [5.74, 6) is 0. The van der Waals surface area contributed by atoms with E-state index >= 15 is 0 Å². The van der Waals surface area contributed by atoms with E-state index in [-0.39, 0.29) is 0 Å². The summed E-state index contributed by atoms with van der Waals surface area (Å²) in [4.78, 5) is 2.46. The summed E-state index contributed by atoms with van der Waals surface area (Å²) >= 11 is 0. The first-order valence-electron chi connectivity index (χ1n) is 21.7. The highest BCUT2D eigenvalue weighted by atomic mass is 16.3. The van der Waals surface area contributed by atoms with Crippen molar-refractivity contribution < 1.29 is 4.42 Å². The van der Waals surface area contributed by atoms with Crippen LogP contribution in [0.4, 0.5) is 17.1 Å². The van der Waals surface area contributed by atoms with Gasteiger partial charge >= 0.3 is 0 Å². The molecule has 0 amide bonds. The van der Waals surface area contributed by atoms with Crippen LogP contribution in [-0.4, -0.2) is 0 Å². The van der Waals surface area contributed by atoms with Crippen LogP contribution in [0.25, 0.3) is 66.4 Å². The average Bonchev–Trinajstić information content (AvgIpc) is 3.89. The smallest absolute Gasteiger partial charge is 0.137 e. The maximum absolute atomic E-state index is 7.16. The summed E-state index contributed by atoms with van der Waals surface area (Å²) in [6.07, 6.45) is 0. The summed E-state index contributed by atoms with van der Waals surface area (Å²) in [5.41, 5.74) is 18.6. The molecule has 296 valence electrons. The topological polar surface area (TPSA) is 16.4 Å². The highest BCUT2D eigenvalue weighted by Crippen LogP contribution is 2.62. The van der Waals surface area contributed by atoms with Crippen LogP contribution in [0.15, 0.2) is 253 Å². The van der Waals surface area contributed by atoms with E-state index in [0.29, 0.717) is 0 Å². The molecule has 10 aromatic carbocycles. The second-order valence-corrected chi connectivity index (χ2v) is 16.4. The summed E-state index contributed by atoms with van der Waals surface area (Å²) in [6.45, 7) is 0. The zero-order valence-electron chi connectivity index (χ0n) is 34.5. The van der Waals surface area contributed by atoms with Crippen LogP contribution in [0.3, 0.4) is 0 Å². The minimum atomic E-state index is -0.621. The Bertz CT molecular complexity index is 3360. The Morgan fingerprint density at radius 2 is 0.778 bits per heavy atom. The third kappa shape index (κ3) is 5.95. The molecule has 0 saturated carbocycles. The van der Waals surface area contributed by atoms with Gasteiger partial charge in [0.15, 0.2) is 0 Å². The summed E-state index contributed by atoms with van der Waals surface area (Å²) in [6, 6.07) is 90.0. The quantitative estimate of drug-likeness (QED) is 0.152. The van der Waals surface area contributed by atoms with Crippen molar-refractivity contribution in [3.63, 3.8) is 0 Å². The van der Waals surface area contributed by atoms with Crippen LogP contribution in [0.1, 0.15) is 22.3 Å². The van der Waals surface area contributed by atoms with E-state index in [1.165, 1.54) is 50.1 Å². The highest BCUT2D eigenvalue weighted by Gasteiger charge is 2.48. The molecule has 0 bridgehead atoms. The maximum Gasteiger partial charge on any atom is 0.137 e. The van der Waals surface area contributed by atoms with Crippen molar-refractivity contribution in [1.29, 1.82) is 0 Å². The molecule has 0 fully saturated rings. The van der Waals surface area contributed by atoms with Gasteiger partial charge in [-0.25, -0.2) is 0 Å². The van der Waals surface area contributed by atoms with Gasteiger partial charge in [0.25, 0.3) is 0 Å². The molecule has 0 unspecified atom stereocenters. The van der Waals surface area contributed by atoms with Gasteiger partial charge in [-0.2, -0.15) is 0 Å². The molecule has 1 aromatic heterocycles. The Morgan fingerprint density at radius 3 is 1.37 bits per heavy atom. The Morgan fingerprint density at radius 1 is 0.333 bits per heavy atom. The third-order valence-corrected chi connectivity index (χ3v) is 12.9. The number of benzene rings is 10. The second kappa shape index (κ2) is 15.1. The molecule has 1 heterocycles. The van der Waals surface area contributed by atoms with Gasteiger partial charge in [-0.1, -0.05) is 206 Å². The van der Waals surface area contributed by atoms with E-state index in [2.05, 4.69) is 254 Å². The minimum Gasteiger partial charge on any atom is -0.456 e. The lowest BCUT2D eigenvalue weighted by molar-refractivity contribution is 0.666. The summed E-state index contributed by atoms with van der Waals surface area (Å²) in [5, 5.41) is 2.16. The zero-order valence-corrected chi connectivity index (χ0v) is 34.5. The number of nitrogens with zero attached hydrogens (tertiary/aromatic N) is 1. The van der Waals surface area contributed by atoms with Crippen LogP contribution in [0, 0.1) is 0 Å². The number of hydrogen-bond acceptors (Lipinski definition) is 2. The molecule has 0 spiro atoms. The predicted molar refractivity (Wildman–Crippen MR) is 262 cm³/mol. The Hall–Kier alpha value is -8.20. The Balaban J connectivity index is 1.15. The fraction of sp³-hybridized carbons (Fsp3) is 0.0164. The van der Waals surface area contributed by atoms with Gasteiger partial charge in [0.05, 0.1) is 16.5 Å². The van der Waals surface area contributed by atoms with E-state index in [1.807, 2.05) is 0 Å². The molecule has 0 atom stereocenters. The lowest BCUT2D eigenvalue weighted by Crippen LogP contribution is -2.28. The predicted octanol–water partition coefficient (Wildman–Crippen LogP) is 16.4. The van der Waals surface area contributed by atoms with Crippen molar-refractivity contribution in [3.8, 4) is 44.5 Å². The van der Waals surface area contributed by atoms with Crippen molar-refractivity contribution in [2.24, 2.45) is 0 Å². The normalized spacial score (nSPS) is 12.6. The van der Waals surface area contributed by atoms with E-state index in [4.69, 9.17) is 4.42 Å². The highest BCUT2D eigenvalue weighted by molar-refractivity contribution is 6.19. The Labute approximate surface area is 367 Å². The molecule has 1 aliphatic carbocycles. The lowest BCUT2D eigenvalue weighted by atomic mass is 9.67. The Kier molecular flexibility index (Phi) is 8.76. The maximum atomic E-state index is 7.16. The second-order valence-electron chi connectivity index (χ2n) is 16.4. The standard InChI is InChI=1S/C61H41NO/c1-6-18-42(19-7-1)44-30-32-45(33-31-44)46-34-37-51(38-35-46)62(50-26-14-5-15-27-50)60-58-52-28-16-17-29-54(52)61(48-22-10-3-11-23-48,49-24-12-4-13-25-49)55(58)41-57-59(60)53-39-36-47(40-56(53)63-57)43-20-8-2-9-21-43/h1-41H. The number of furan rings is 1. The van der Waals surface area contributed by atoms with Crippen molar-refractivity contribution in [1.82, 2.24) is 0 Å². The van der Waals surface area contributed by atoms with Gasteiger partial charge in [-0.3, -0.25) is 0 Å². The molecule has 2 nitrogen and oxygen atoms in total. The number of hydrogen-bond donors (Lipinski definition) is 0. The van der Waals surface area contributed by atoms with Crippen LogP contribution in [-0.2, 0) is 5.41 Å². The largest absolute Gasteiger partial charge is 0.456 e. The van der Waals surface area contributed by atoms with E-state index in [0.717, 1.165) is 55.7 Å². The van der Waals surface area contributed by atoms with E-state index in [9.17, 15) is 0 Å². The van der Waals surface area contributed by atoms with Gasteiger partial charge in [-0.15, -0.1) is 0 Å². The van der Waals surface area contributed by atoms with Gasteiger partial charge in [-0.05, 0) is 104 Å². The third-order valence-electron chi connectivity index (χ3n) is 12.9. The lowest BCUT2D eigenvalue weighted by Gasteiger charge is -2.34. The van der Waals surface area contributed by atoms with Crippen molar-refractivity contribution in [2.75, 3.05) is 4.90 Å². The molecule has 63 heavy (non-hydrogen) atoms. The molecule has 0 aliphatic heterocycles. The molecule has 12 rings (SSSR count).